The Morgan fingerprint density at radius 2 is 1.72 bits per heavy atom. The smallest absolute Gasteiger partial charge is 0.203 e. The Morgan fingerprint density at radius 3 is 2.48 bits per heavy atom. The summed E-state index contributed by atoms with van der Waals surface area (Å²) in [6.45, 7) is 2.64. The van der Waals surface area contributed by atoms with Crippen molar-refractivity contribution in [1.82, 2.24) is 4.98 Å². The van der Waals surface area contributed by atoms with Crippen molar-refractivity contribution in [2.75, 3.05) is 5.43 Å². The highest BCUT2D eigenvalue weighted by atomic mass is 32.1. The Morgan fingerprint density at radius 1 is 0.966 bits per heavy atom. The van der Waals surface area contributed by atoms with E-state index in [0.717, 1.165) is 33.3 Å². The number of hydrazone groups is 1. The van der Waals surface area contributed by atoms with Gasteiger partial charge in [-0.3, -0.25) is 5.43 Å². The monoisotopic (exact) mass is 399 g/mol. The van der Waals surface area contributed by atoms with E-state index in [1.165, 1.54) is 16.9 Å². The van der Waals surface area contributed by atoms with Crippen molar-refractivity contribution in [2.24, 2.45) is 5.10 Å². The van der Waals surface area contributed by atoms with Gasteiger partial charge < -0.3 is 4.74 Å². The zero-order valence-electron chi connectivity index (χ0n) is 16.1. The van der Waals surface area contributed by atoms with E-state index >= 15 is 0 Å². The zero-order chi connectivity index (χ0) is 19.9. The van der Waals surface area contributed by atoms with Gasteiger partial charge in [0, 0.05) is 10.9 Å². The molecule has 0 aliphatic rings. The predicted molar refractivity (Wildman–Crippen MR) is 121 cm³/mol. The van der Waals surface area contributed by atoms with E-state index in [4.69, 9.17) is 4.74 Å². The fraction of sp³-hybridized carbons (Fsp3) is 0.0833. The summed E-state index contributed by atoms with van der Waals surface area (Å²) in [5.74, 6) is 0.835. The molecule has 0 radical (unpaired) electrons. The summed E-state index contributed by atoms with van der Waals surface area (Å²) in [4.78, 5) is 4.58. The molecule has 3 aromatic carbocycles. The summed E-state index contributed by atoms with van der Waals surface area (Å²) in [5.41, 5.74) is 8.43. The standard InChI is InChI=1S/C24H21N3OS/c1-18-7-11-21(12-8-18)23-17-29-24(26-23)27-25-15-19-9-13-22(14-10-19)28-16-20-5-3-2-4-6-20/h2-15,17H,16H2,1H3,(H,26,27)/b25-15-. The first-order chi connectivity index (χ1) is 14.3. The third-order valence-corrected chi connectivity index (χ3v) is 5.10. The van der Waals surface area contributed by atoms with E-state index in [9.17, 15) is 0 Å². The fourth-order valence-corrected chi connectivity index (χ4v) is 3.40. The van der Waals surface area contributed by atoms with Crippen molar-refractivity contribution >= 4 is 22.7 Å². The van der Waals surface area contributed by atoms with Crippen LogP contribution in [0.1, 0.15) is 16.7 Å². The molecule has 0 amide bonds. The SMILES string of the molecule is Cc1ccc(-c2csc(N/N=C\c3ccc(OCc4ccccc4)cc3)n2)cc1. The predicted octanol–water partition coefficient (Wildman–Crippen LogP) is 6.14. The molecule has 0 saturated carbocycles. The highest BCUT2D eigenvalue weighted by Gasteiger charge is 2.03. The molecule has 4 aromatic rings. The number of nitrogens with one attached hydrogen (secondary N) is 1. The minimum atomic E-state index is 0.559. The highest BCUT2D eigenvalue weighted by molar-refractivity contribution is 7.14. The van der Waals surface area contributed by atoms with E-state index in [1.807, 2.05) is 47.8 Å². The molecule has 4 nitrogen and oxygen atoms in total. The lowest BCUT2D eigenvalue weighted by Gasteiger charge is -2.06. The quantitative estimate of drug-likeness (QED) is 0.300. The molecule has 0 bridgehead atoms. The van der Waals surface area contributed by atoms with Gasteiger partial charge >= 0.3 is 0 Å². The maximum absolute atomic E-state index is 5.80. The maximum atomic E-state index is 5.80. The Balaban J connectivity index is 1.31. The van der Waals surface area contributed by atoms with Crippen LogP contribution in [-0.4, -0.2) is 11.2 Å². The summed E-state index contributed by atoms with van der Waals surface area (Å²) >= 11 is 1.53. The number of benzene rings is 3. The maximum Gasteiger partial charge on any atom is 0.203 e. The van der Waals surface area contributed by atoms with Crippen LogP contribution in [0.25, 0.3) is 11.3 Å². The Hall–Kier alpha value is -3.44. The number of aromatic nitrogens is 1. The van der Waals surface area contributed by atoms with Gasteiger partial charge in [-0.05, 0) is 42.3 Å². The van der Waals surface area contributed by atoms with Crippen molar-refractivity contribution in [2.45, 2.75) is 13.5 Å². The minimum Gasteiger partial charge on any atom is -0.489 e. The van der Waals surface area contributed by atoms with Gasteiger partial charge in [0.25, 0.3) is 0 Å². The average molecular weight is 400 g/mol. The Bertz CT molecular complexity index is 1070. The minimum absolute atomic E-state index is 0.559. The van der Waals surface area contributed by atoms with Gasteiger partial charge in [0.2, 0.25) is 5.13 Å². The van der Waals surface area contributed by atoms with Crippen LogP contribution < -0.4 is 10.2 Å². The Kier molecular flexibility index (Phi) is 5.98. The van der Waals surface area contributed by atoms with Crippen LogP contribution in [0.15, 0.2) is 89.3 Å². The summed E-state index contributed by atoms with van der Waals surface area (Å²) in [7, 11) is 0. The molecule has 0 spiro atoms. The van der Waals surface area contributed by atoms with Crippen molar-refractivity contribution in [3.8, 4) is 17.0 Å². The van der Waals surface area contributed by atoms with Gasteiger partial charge in [-0.25, -0.2) is 4.98 Å². The zero-order valence-corrected chi connectivity index (χ0v) is 16.9. The van der Waals surface area contributed by atoms with E-state index in [-0.39, 0.29) is 0 Å². The van der Waals surface area contributed by atoms with Gasteiger partial charge in [-0.15, -0.1) is 11.3 Å². The topological polar surface area (TPSA) is 46.5 Å². The van der Waals surface area contributed by atoms with E-state index in [0.29, 0.717) is 6.61 Å². The molecule has 0 fully saturated rings. The molecule has 0 aliphatic carbocycles. The van der Waals surface area contributed by atoms with Gasteiger partial charge in [0.05, 0.1) is 11.9 Å². The molecule has 1 heterocycles. The molecule has 4 rings (SSSR count). The average Bonchev–Trinajstić information content (AvgIpc) is 3.23. The fourth-order valence-electron chi connectivity index (χ4n) is 2.74. The van der Waals surface area contributed by atoms with Gasteiger partial charge in [-0.1, -0.05) is 60.2 Å². The van der Waals surface area contributed by atoms with Gasteiger partial charge in [0.15, 0.2) is 0 Å². The van der Waals surface area contributed by atoms with E-state index in [1.54, 1.807) is 6.21 Å². The van der Waals surface area contributed by atoms with Gasteiger partial charge in [0.1, 0.15) is 12.4 Å². The Labute approximate surface area is 174 Å². The number of anilines is 1. The third kappa shape index (κ3) is 5.30. The summed E-state index contributed by atoms with van der Waals surface area (Å²) in [6.07, 6.45) is 1.77. The first-order valence-corrected chi connectivity index (χ1v) is 10.2. The van der Waals surface area contributed by atoms with Gasteiger partial charge in [-0.2, -0.15) is 5.10 Å². The number of aryl methyl sites for hydroxylation is 1. The number of hydrogen-bond donors (Lipinski definition) is 1. The third-order valence-electron chi connectivity index (χ3n) is 4.35. The van der Waals surface area contributed by atoms with Crippen LogP contribution in [0.3, 0.4) is 0 Å². The van der Waals surface area contributed by atoms with Crippen LogP contribution in [0.4, 0.5) is 5.13 Å². The molecule has 5 heteroatoms. The largest absolute Gasteiger partial charge is 0.489 e. The normalized spacial score (nSPS) is 10.9. The molecule has 1 aromatic heterocycles. The number of ether oxygens (including phenoxy) is 1. The highest BCUT2D eigenvalue weighted by Crippen LogP contribution is 2.25. The summed E-state index contributed by atoms with van der Waals surface area (Å²) in [5, 5.41) is 7.08. The van der Waals surface area contributed by atoms with E-state index in [2.05, 4.69) is 58.8 Å². The lowest BCUT2D eigenvalue weighted by molar-refractivity contribution is 0.306. The number of thiazole rings is 1. The number of hydrogen-bond acceptors (Lipinski definition) is 5. The van der Waals surface area contributed by atoms with Crippen LogP contribution >= 0.6 is 11.3 Å². The lowest BCUT2D eigenvalue weighted by Crippen LogP contribution is -1.95. The summed E-state index contributed by atoms with van der Waals surface area (Å²) < 4.78 is 5.80. The first kappa shape index (κ1) is 18.9. The van der Waals surface area contributed by atoms with Crippen LogP contribution in [-0.2, 0) is 6.61 Å². The number of rotatable bonds is 7. The van der Waals surface area contributed by atoms with Crippen LogP contribution in [0, 0.1) is 6.92 Å². The number of nitrogens with zero attached hydrogens (tertiary/aromatic N) is 2. The van der Waals surface area contributed by atoms with Crippen molar-refractivity contribution in [3.05, 3.63) is 101 Å². The second-order valence-corrected chi connectivity index (χ2v) is 7.48. The van der Waals surface area contributed by atoms with Crippen LogP contribution in [0.2, 0.25) is 0 Å². The molecular formula is C24H21N3OS. The molecule has 0 unspecified atom stereocenters. The second-order valence-electron chi connectivity index (χ2n) is 6.62. The molecule has 1 N–H and O–H groups in total. The van der Waals surface area contributed by atoms with Crippen molar-refractivity contribution < 1.29 is 4.74 Å². The molecule has 0 saturated heterocycles. The molecule has 29 heavy (non-hydrogen) atoms. The lowest BCUT2D eigenvalue weighted by atomic mass is 10.1. The second kappa shape index (κ2) is 9.17. The first-order valence-electron chi connectivity index (χ1n) is 9.35. The summed E-state index contributed by atoms with van der Waals surface area (Å²) in [6, 6.07) is 26.3. The van der Waals surface area contributed by atoms with Crippen molar-refractivity contribution in [3.63, 3.8) is 0 Å². The van der Waals surface area contributed by atoms with E-state index < -0.39 is 0 Å². The molecular weight excluding hydrogens is 378 g/mol. The van der Waals surface area contributed by atoms with Crippen molar-refractivity contribution in [1.29, 1.82) is 0 Å². The molecule has 0 aliphatic heterocycles. The molecule has 144 valence electrons. The van der Waals surface area contributed by atoms with Crippen LogP contribution in [0.5, 0.6) is 5.75 Å². The molecule has 0 atom stereocenters.